The minimum absolute atomic E-state index is 0.0540. The number of H-pyrrole nitrogens is 1. The molecule has 4 atom stereocenters. The van der Waals surface area contributed by atoms with Crippen LogP contribution >= 0.6 is 0 Å². The van der Waals surface area contributed by atoms with Crippen LogP contribution in [0.25, 0.3) is 21.7 Å². The van der Waals surface area contributed by atoms with E-state index in [0.717, 1.165) is 27.2 Å². The first kappa shape index (κ1) is 50.1. The van der Waals surface area contributed by atoms with Crippen LogP contribution in [-0.4, -0.2) is 94.3 Å². The molecule has 0 spiro atoms. The van der Waals surface area contributed by atoms with Gasteiger partial charge >= 0.3 is 17.9 Å². The Morgan fingerprint density at radius 3 is 1.88 bits per heavy atom. The average Bonchev–Trinajstić information content (AvgIpc) is 3.60. The zero-order chi connectivity index (χ0) is 47.4. The molecule has 4 amide bonds. The molecule has 16 nitrogen and oxygen atoms in total. The first-order valence-corrected chi connectivity index (χ1v) is 21.3. The molecule has 0 bridgehead atoms. The molecule has 0 aliphatic carbocycles. The van der Waals surface area contributed by atoms with Crippen molar-refractivity contribution in [3.05, 3.63) is 84.1 Å². The predicted octanol–water partition coefficient (Wildman–Crippen LogP) is 4.69. The van der Waals surface area contributed by atoms with Crippen molar-refractivity contribution in [2.75, 3.05) is 6.61 Å². The summed E-state index contributed by atoms with van der Waals surface area (Å²) in [5, 5.41) is 13.1. The molecule has 1 heterocycles. The number of aromatic amines is 1. The Kier molecular flexibility index (Phi) is 17.3. The molecule has 1 aromatic heterocycles. The fourth-order valence-electron chi connectivity index (χ4n) is 6.92. The number of esters is 3. The van der Waals surface area contributed by atoms with Crippen LogP contribution < -0.4 is 21.3 Å². The fraction of sp³-hybridized carbons (Fsp3) is 0.458. The number of hydrogen-bond acceptors (Lipinski definition) is 11. The van der Waals surface area contributed by atoms with Crippen molar-refractivity contribution in [2.45, 2.75) is 130 Å². The third kappa shape index (κ3) is 15.6. The van der Waals surface area contributed by atoms with E-state index in [1.807, 2.05) is 54.6 Å². The first-order valence-electron chi connectivity index (χ1n) is 21.3. The van der Waals surface area contributed by atoms with Gasteiger partial charge in [0.1, 0.15) is 35.4 Å². The Balaban J connectivity index is 1.53. The highest BCUT2D eigenvalue weighted by Gasteiger charge is 2.35. The predicted molar refractivity (Wildman–Crippen MR) is 239 cm³/mol. The summed E-state index contributed by atoms with van der Waals surface area (Å²) in [6.45, 7) is 13.7. The van der Waals surface area contributed by atoms with Crippen LogP contribution in [0, 0.1) is 5.92 Å². The maximum Gasteiger partial charge on any atom is 0.310 e. The van der Waals surface area contributed by atoms with Crippen molar-refractivity contribution in [2.24, 2.45) is 5.92 Å². The molecule has 16 heteroatoms. The highest BCUT2D eigenvalue weighted by Crippen LogP contribution is 2.21. The standard InChI is InChI=1S/C48H61N5O11/c1-28(2)43(46(61)52-37(25-42(58)64-48(7,8)9)39(55)27-62-41(57)24-31-17-14-16-30-15-10-11-18-33(30)31)53-44(59)36(21-22-40(56)63-47(4,5)6)51-45(60)38(50-29(3)54)23-32-26-49-35-20-13-12-19-34(32)35/h10-20,26,28,36-38,43,49H,21-25,27H2,1-9H3,(H,50,54)(H,51,60)(H,52,61)(H,53,59). The van der Waals surface area contributed by atoms with Gasteiger partial charge in [-0.05, 0) is 81.8 Å². The van der Waals surface area contributed by atoms with E-state index in [1.165, 1.54) is 6.92 Å². The third-order valence-corrected chi connectivity index (χ3v) is 9.82. The SMILES string of the molecule is CC(=O)NC(Cc1c[nH]c2ccccc12)C(=O)NC(CCC(=O)OC(C)(C)C)C(=O)NC(C(=O)NC(CC(=O)OC(C)(C)C)C(=O)COC(=O)Cc1cccc2ccccc12)C(C)C. The molecule has 0 radical (unpaired) electrons. The number of aromatic nitrogens is 1. The molecule has 0 aliphatic rings. The largest absolute Gasteiger partial charge is 0.460 e. The van der Waals surface area contributed by atoms with E-state index in [9.17, 15) is 38.4 Å². The summed E-state index contributed by atoms with van der Waals surface area (Å²) >= 11 is 0. The molecule has 64 heavy (non-hydrogen) atoms. The van der Waals surface area contributed by atoms with E-state index in [1.54, 1.807) is 73.7 Å². The average molecular weight is 884 g/mol. The molecule has 4 rings (SSSR count). The van der Waals surface area contributed by atoms with Crippen molar-refractivity contribution in [1.82, 2.24) is 26.3 Å². The van der Waals surface area contributed by atoms with Gasteiger partial charge in [0.2, 0.25) is 23.6 Å². The molecule has 4 aromatic rings. The lowest BCUT2D eigenvalue weighted by molar-refractivity contribution is -0.157. The summed E-state index contributed by atoms with van der Waals surface area (Å²) < 4.78 is 16.2. The van der Waals surface area contributed by atoms with E-state index in [4.69, 9.17) is 14.2 Å². The van der Waals surface area contributed by atoms with Gasteiger partial charge in [-0.3, -0.25) is 38.4 Å². The van der Waals surface area contributed by atoms with Gasteiger partial charge in [0.05, 0.1) is 12.8 Å². The van der Waals surface area contributed by atoms with Gasteiger partial charge in [0, 0.05) is 36.9 Å². The lowest BCUT2D eigenvalue weighted by Gasteiger charge is -2.28. The van der Waals surface area contributed by atoms with Crippen LogP contribution in [0.3, 0.4) is 0 Å². The number of ether oxygens (including phenoxy) is 3. The number of benzene rings is 3. The number of carbonyl (C=O) groups is 8. The van der Waals surface area contributed by atoms with Gasteiger partial charge in [-0.15, -0.1) is 0 Å². The number of Topliss-reactive ketones (excluding diaryl/α,β-unsaturated/α-hetero) is 1. The Morgan fingerprint density at radius 1 is 0.625 bits per heavy atom. The first-order chi connectivity index (χ1) is 30.0. The fourth-order valence-corrected chi connectivity index (χ4v) is 6.92. The van der Waals surface area contributed by atoms with Gasteiger partial charge in [-0.25, -0.2) is 0 Å². The maximum absolute atomic E-state index is 14.1. The maximum atomic E-state index is 14.1. The smallest absolute Gasteiger partial charge is 0.310 e. The van der Waals surface area contributed by atoms with E-state index >= 15 is 0 Å². The summed E-state index contributed by atoms with van der Waals surface area (Å²) in [6, 6.07) is 15.0. The molecule has 344 valence electrons. The van der Waals surface area contributed by atoms with Gasteiger partial charge in [0.25, 0.3) is 0 Å². The van der Waals surface area contributed by atoms with Crippen molar-refractivity contribution in [3.63, 3.8) is 0 Å². The van der Waals surface area contributed by atoms with Gasteiger partial charge in [-0.1, -0.05) is 74.5 Å². The van der Waals surface area contributed by atoms with Crippen LogP contribution in [0.4, 0.5) is 0 Å². The van der Waals surface area contributed by atoms with Crippen LogP contribution in [-0.2, 0) is 65.4 Å². The molecule has 0 saturated carbocycles. The normalized spacial score (nSPS) is 13.5. The summed E-state index contributed by atoms with van der Waals surface area (Å²) in [7, 11) is 0. The monoisotopic (exact) mass is 883 g/mol. The summed E-state index contributed by atoms with van der Waals surface area (Å²) in [5.74, 6) is -6.52. The Bertz CT molecular complexity index is 2330. The second-order valence-electron chi connectivity index (χ2n) is 18.0. The van der Waals surface area contributed by atoms with E-state index in [-0.39, 0.29) is 25.7 Å². The molecule has 4 unspecified atom stereocenters. The lowest BCUT2D eigenvalue weighted by atomic mass is 10.00. The summed E-state index contributed by atoms with van der Waals surface area (Å²) in [4.78, 5) is 110. The van der Waals surface area contributed by atoms with E-state index in [2.05, 4.69) is 26.3 Å². The number of ketones is 1. The molecular weight excluding hydrogens is 823 g/mol. The van der Waals surface area contributed by atoms with Gasteiger partial charge in [-0.2, -0.15) is 0 Å². The highest BCUT2D eigenvalue weighted by molar-refractivity contribution is 5.98. The Hall–Kier alpha value is -6.58. The Morgan fingerprint density at radius 2 is 1.22 bits per heavy atom. The van der Waals surface area contributed by atoms with Crippen LogP contribution in [0.15, 0.2) is 72.9 Å². The second kappa shape index (κ2) is 22.2. The number of hydrogen-bond donors (Lipinski definition) is 5. The zero-order valence-electron chi connectivity index (χ0n) is 38.0. The summed E-state index contributed by atoms with van der Waals surface area (Å²) in [6.07, 6.45) is 0.479. The Labute approximate surface area is 373 Å². The number of fused-ring (bicyclic) bond motifs is 2. The topological polar surface area (TPSA) is 228 Å². The van der Waals surface area contributed by atoms with Gasteiger partial charge in [0.15, 0.2) is 12.4 Å². The van der Waals surface area contributed by atoms with Crippen LogP contribution in [0.5, 0.6) is 0 Å². The van der Waals surface area contributed by atoms with Crippen molar-refractivity contribution >= 4 is 69.0 Å². The number of nitrogens with one attached hydrogen (secondary N) is 5. The molecule has 3 aromatic carbocycles. The van der Waals surface area contributed by atoms with Gasteiger partial charge < -0.3 is 40.5 Å². The molecular formula is C48H61N5O11. The quantitative estimate of drug-likeness (QED) is 0.0605. The highest BCUT2D eigenvalue weighted by atomic mass is 16.6. The summed E-state index contributed by atoms with van der Waals surface area (Å²) in [5.41, 5.74) is 0.467. The molecule has 0 saturated heterocycles. The van der Waals surface area contributed by atoms with Crippen LogP contribution in [0.1, 0.15) is 92.7 Å². The van der Waals surface area contributed by atoms with Crippen LogP contribution in [0.2, 0.25) is 0 Å². The van der Waals surface area contributed by atoms with Crippen molar-refractivity contribution < 1.29 is 52.6 Å². The molecule has 0 aliphatic heterocycles. The number of rotatable bonds is 20. The minimum Gasteiger partial charge on any atom is -0.460 e. The lowest BCUT2D eigenvalue weighted by Crippen LogP contribution is -2.59. The number of carbonyl (C=O) groups excluding carboxylic acids is 8. The minimum atomic E-state index is -1.53. The van der Waals surface area contributed by atoms with E-state index < -0.39 is 102 Å². The number of para-hydroxylation sites is 1. The molecule has 5 N–H and O–H groups in total. The number of amides is 4. The van der Waals surface area contributed by atoms with E-state index in [0.29, 0.717) is 5.56 Å². The molecule has 0 fully saturated rings. The zero-order valence-corrected chi connectivity index (χ0v) is 38.0. The third-order valence-electron chi connectivity index (χ3n) is 9.82. The second-order valence-corrected chi connectivity index (χ2v) is 18.0. The van der Waals surface area contributed by atoms with Crippen molar-refractivity contribution in [3.8, 4) is 0 Å². The van der Waals surface area contributed by atoms with Crippen molar-refractivity contribution in [1.29, 1.82) is 0 Å².